The first kappa shape index (κ1) is 14.4. The van der Waals surface area contributed by atoms with Gasteiger partial charge in [0.15, 0.2) is 5.82 Å². The summed E-state index contributed by atoms with van der Waals surface area (Å²) in [5, 5.41) is 18.7. The smallest absolute Gasteiger partial charge is 0.210 e. The lowest BCUT2D eigenvalue weighted by atomic mass is 9.98. The lowest BCUT2D eigenvalue weighted by molar-refractivity contribution is -0.301. The van der Waals surface area contributed by atoms with Crippen molar-refractivity contribution >= 4 is 17.7 Å². The minimum atomic E-state index is -1.16. The number of aliphatic carboxylic acids is 1. The van der Waals surface area contributed by atoms with Crippen molar-refractivity contribution in [3.63, 3.8) is 0 Å². The van der Waals surface area contributed by atoms with Gasteiger partial charge in [-0.3, -0.25) is 0 Å². The van der Waals surface area contributed by atoms with Crippen LogP contribution in [0.3, 0.4) is 0 Å². The molecule has 0 amide bonds. The Morgan fingerprint density at radius 3 is 2.75 bits per heavy atom. The lowest BCUT2D eigenvalue weighted by Crippen LogP contribution is -2.25. The van der Waals surface area contributed by atoms with Gasteiger partial charge >= 0.3 is 0 Å². The number of carbonyl (C=O) groups excluding carboxylic acids is 1. The molecule has 1 aromatic heterocycles. The molecule has 0 radical (unpaired) electrons. The predicted molar refractivity (Wildman–Crippen MR) is 74.5 cm³/mol. The van der Waals surface area contributed by atoms with Crippen LogP contribution in [-0.4, -0.2) is 26.6 Å². The van der Waals surface area contributed by atoms with Crippen molar-refractivity contribution < 1.29 is 9.90 Å². The average molecular weight is 291 g/mol. The van der Waals surface area contributed by atoms with Crippen molar-refractivity contribution in [3.05, 3.63) is 41.7 Å². The second-order valence-corrected chi connectivity index (χ2v) is 5.39. The summed E-state index contributed by atoms with van der Waals surface area (Å²) in [6.07, 6.45) is 0.638. The largest absolute Gasteiger partial charge is 0.549 e. The highest BCUT2D eigenvalue weighted by molar-refractivity contribution is 7.99. The Morgan fingerprint density at radius 1 is 1.40 bits per heavy atom. The highest BCUT2D eigenvalue weighted by atomic mass is 32.2. The van der Waals surface area contributed by atoms with Gasteiger partial charge in [-0.05, 0) is 11.5 Å². The number of carbonyl (C=O) groups is 1. The zero-order valence-corrected chi connectivity index (χ0v) is 11.8. The molecule has 1 atom stereocenters. The third-order valence-electron chi connectivity index (χ3n) is 2.91. The highest BCUT2D eigenvalue weighted by Crippen LogP contribution is 2.21. The SMILES string of the molecule is C[C@@H](Cc1nnc(SCC(=O)[O-])n1N)c1ccccc1. The van der Waals surface area contributed by atoms with Gasteiger partial charge in [-0.25, -0.2) is 4.68 Å². The summed E-state index contributed by atoms with van der Waals surface area (Å²) < 4.78 is 1.34. The van der Waals surface area contributed by atoms with Gasteiger partial charge in [0, 0.05) is 12.2 Å². The van der Waals surface area contributed by atoms with Crippen LogP contribution in [0, 0.1) is 0 Å². The Hall–Kier alpha value is -2.02. The van der Waals surface area contributed by atoms with Crippen molar-refractivity contribution in [1.29, 1.82) is 0 Å². The molecule has 0 saturated heterocycles. The molecule has 0 aliphatic rings. The normalized spacial score (nSPS) is 12.2. The average Bonchev–Trinajstić information content (AvgIpc) is 2.78. The van der Waals surface area contributed by atoms with Gasteiger partial charge in [0.25, 0.3) is 0 Å². The summed E-state index contributed by atoms with van der Waals surface area (Å²) in [6.45, 7) is 2.08. The van der Waals surface area contributed by atoms with Gasteiger partial charge in [-0.2, -0.15) is 0 Å². The molecular weight excluding hydrogens is 276 g/mol. The molecule has 2 N–H and O–H groups in total. The maximum Gasteiger partial charge on any atom is 0.210 e. The second kappa shape index (κ2) is 6.42. The molecule has 20 heavy (non-hydrogen) atoms. The van der Waals surface area contributed by atoms with Crippen LogP contribution in [0.4, 0.5) is 0 Å². The van der Waals surface area contributed by atoms with Gasteiger partial charge in [0.05, 0.1) is 5.97 Å². The third kappa shape index (κ3) is 3.51. The van der Waals surface area contributed by atoms with Crippen molar-refractivity contribution in [2.75, 3.05) is 11.6 Å². The number of carboxylic acid groups (broad SMARTS) is 1. The molecule has 106 valence electrons. The van der Waals surface area contributed by atoms with Crippen LogP contribution in [0.5, 0.6) is 0 Å². The Bertz CT molecular complexity index is 585. The van der Waals surface area contributed by atoms with Crippen LogP contribution in [0.1, 0.15) is 24.2 Å². The Labute approximate surface area is 121 Å². The molecule has 0 spiro atoms. The summed E-state index contributed by atoms with van der Waals surface area (Å²) >= 11 is 1.00. The first-order valence-corrected chi connectivity index (χ1v) is 7.13. The zero-order chi connectivity index (χ0) is 14.5. The number of nitrogen functional groups attached to an aromatic ring is 1. The molecule has 0 saturated carbocycles. The van der Waals surface area contributed by atoms with Crippen LogP contribution in [0.2, 0.25) is 0 Å². The molecule has 0 bridgehead atoms. The zero-order valence-electron chi connectivity index (χ0n) is 11.0. The first-order valence-electron chi connectivity index (χ1n) is 6.15. The molecule has 0 fully saturated rings. The molecule has 1 heterocycles. The van der Waals surface area contributed by atoms with E-state index >= 15 is 0 Å². The Balaban J connectivity index is 2.05. The van der Waals surface area contributed by atoms with Crippen LogP contribution in [-0.2, 0) is 11.2 Å². The summed E-state index contributed by atoms with van der Waals surface area (Å²) in [6, 6.07) is 10.0. The Morgan fingerprint density at radius 2 is 2.10 bits per heavy atom. The van der Waals surface area contributed by atoms with Gasteiger partial charge in [0.1, 0.15) is 0 Å². The number of aromatic nitrogens is 3. The van der Waals surface area contributed by atoms with E-state index in [9.17, 15) is 9.90 Å². The van der Waals surface area contributed by atoms with E-state index in [1.165, 1.54) is 10.2 Å². The van der Waals surface area contributed by atoms with Gasteiger partial charge in [0.2, 0.25) is 5.16 Å². The quantitative estimate of drug-likeness (QED) is 0.602. The van der Waals surface area contributed by atoms with Crippen molar-refractivity contribution in [1.82, 2.24) is 14.9 Å². The topological polar surface area (TPSA) is 96.9 Å². The molecule has 0 aliphatic heterocycles. The first-order chi connectivity index (χ1) is 9.58. The fraction of sp³-hybridized carbons (Fsp3) is 0.308. The highest BCUT2D eigenvalue weighted by Gasteiger charge is 2.14. The predicted octanol–water partition coefficient (Wildman–Crippen LogP) is 0.180. The molecule has 1 aromatic carbocycles. The number of carboxylic acids is 1. The molecular formula is C13H15N4O2S-. The molecule has 0 unspecified atom stereocenters. The summed E-state index contributed by atoms with van der Waals surface area (Å²) in [4.78, 5) is 10.4. The van der Waals surface area contributed by atoms with Crippen LogP contribution in [0.15, 0.2) is 35.5 Å². The number of benzene rings is 1. The van der Waals surface area contributed by atoms with E-state index in [2.05, 4.69) is 17.1 Å². The van der Waals surface area contributed by atoms with E-state index < -0.39 is 5.97 Å². The fourth-order valence-electron chi connectivity index (χ4n) is 1.84. The minimum absolute atomic E-state index is 0.191. The van der Waals surface area contributed by atoms with E-state index in [1.54, 1.807) is 0 Å². The van der Waals surface area contributed by atoms with E-state index in [0.717, 1.165) is 11.8 Å². The van der Waals surface area contributed by atoms with Crippen LogP contribution < -0.4 is 10.9 Å². The maximum absolute atomic E-state index is 10.4. The van der Waals surface area contributed by atoms with E-state index in [0.29, 0.717) is 17.4 Å². The maximum atomic E-state index is 10.4. The van der Waals surface area contributed by atoms with E-state index in [4.69, 9.17) is 5.84 Å². The van der Waals surface area contributed by atoms with Gasteiger partial charge in [-0.15, -0.1) is 10.2 Å². The molecule has 2 rings (SSSR count). The monoisotopic (exact) mass is 291 g/mol. The number of rotatable bonds is 6. The fourth-order valence-corrected chi connectivity index (χ4v) is 2.43. The number of nitrogens with zero attached hydrogens (tertiary/aromatic N) is 3. The number of thioether (sulfide) groups is 1. The number of hydrogen-bond donors (Lipinski definition) is 1. The Kier molecular flexibility index (Phi) is 4.62. The molecule has 6 nitrogen and oxygen atoms in total. The number of hydrogen-bond acceptors (Lipinski definition) is 6. The van der Waals surface area contributed by atoms with Crippen molar-refractivity contribution in [2.45, 2.75) is 24.4 Å². The standard InChI is InChI=1S/C13H16N4O2S/c1-9(10-5-3-2-4-6-10)7-11-15-16-13(17(11)14)20-8-12(18)19/h2-6,9H,7-8,14H2,1H3,(H,18,19)/p-1/t9-/m0/s1. The molecule has 7 heteroatoms. The van der Waals surface area contributed by atoms with Crippen LogP contribution in [0.25, 0.3) is 0 Å². The van der Waals surface area contributed by atoms with Crippen molar-refractivity contribution in [3.8, 4) is 0 Å². The second-order valence-electron chi connectivity index (χ2n) is 4.45. The number of nitrogens with two attached hydrogens (primary N) is 1. The van der Waals surface area contributed by atoms with Gasteiger partial charge in [-0.1, -0.05) is 49.0 Å². The van der Waals surface area contributed by atoms with Crippen LogP contribution >= 0.6 is 11.8 Å². The summed E-state index contributed by atoms with van der Waals surface area (Å²) in [5.41, 5.74) is 1.19. The third-order valence-corrected chi connectivity index (χ3v) is 3.83. The van der Waals surface area contributed by atoms with Gasteiger partial charge < -0.3 is 15.7 Å². The minimum Gasteiger partial charge on any atom is -0.549 e. The molecule has 0 aliphatic carbocycles. The van der Waals surface area contributed by atoms with Crippen molar-refractivity contribution in [2.24, 2.45) is 0 Å². The van der Waals surface area contributed by atoms with E-state index in [1.807, 2.05) is 30.3 Å². The summed E-state index contributed by atoms with van der Waals surface area (Å²) in [7, 11) is 0. The lowest BCUT2D eigenvalue weighted by Gasteiger charge is -2.11. The van der Waals surface area contributed by atoms with E-state index in [-0.39, 0.29) is 11.7 Å². The summed E-state index contributed by atoms with van der Waals surface area (Å²) in [5.74, 6) is 5.41. The molecule has 2 aromatic rings.